The third-order valence-electron chi connectivity index (χ3n) is 14.6. The van der Waals surface area contributed by atoms with E-state index >= 15 is 0 Å². The molecular weight excluding hydrogens is 751 g/mol. The second-order valence-electron chi connectivity index (χ2n) is 23.0. The van der Waals surface area contributed by atoms with E-state index in [9.17, 15) is 0 Å². The third-order valence-corrected chi connectivity index (χ3v) is 14.6. The molecule has 0 N–H and O–H groups in total. The molecule has 314 valence electrons. The average Bonchev–Trinajstić information content (AvgIpc) is 3.60. The van der Waals surface area contributed by atoms with E-state index in [0.29, 0.717) is 0 Å². The predicted molar refractivity (Wildman–Crippen MR) is 267 cm³/mol. The fourth-order valence-electron chi connectivity index (χ4n) is 10.6. The zero-order valence-electron chi connectivity index (χ0n) is 39.3. The topological polar surface area (TPSA) is 19.6 Å². The van der Waals surface area contributed by atoms with Gasteiger partial charge >= 0.3 is 0 Å². The van der Waals surface area contributed by atoms with E-state index in [1.54, 1.807) is 0 Å². The number of rotatable bonds is 3. The first-order valence-corrected chi connectivity index (χ1v) is 22.9. The van der Waals surface area contributed by atoms with Crippen LogP contribution in [0.1, 0.15) is 131 Å². The van der Waals surface area contributed by atoms with Crippen molar-refractivity contribution in [3.63, 3.8) is 0 Å². The van der Waals surface area contributed by atoms with Gasteiger partial charge in [0.05, 0.1) is 5.69 Å². The highest BCUT2D eigenvalue weighted by Crippen LogP contribution is 2.53. The number of hydrogen-bond donors (Lipinski definition) is 0. The standard InChI is InChI=1S/C58H63BN2O/c1-54(2,3)37-23-26-40(27-24-37)60-48-32-39(56(7,8)9)33-49-52(48)59(51-41-21-17-18-22-50(41)62-53(51)60)45-34-43-44(58(12,13)30-29-57(43,10)11)35-47(45)61(49)46-28-25-38(55(4,5)6)31-42(46)36-19-15-14-16-20-36/h14-28,31-35H,29-30H2,1-13H3. The highest BCUT2D eigenvalue weighted by molar-refractivity contribution is 7.01. The fourth-order valence-corrected chi connectivity index (χ4v) is 10.6. The monoisotopic (exact) mass is 815 g/mol. The van der Waals surface area contributed by atoms with Crippen LogP contribution in [0.25, 0.3) is 22.1 Å². The summed E-state index contributed by atoms with van der Waals surface area (Å²) in [5, 5.41) is 1.18. The van der Waals surface area contributed by atoms with Crippen LogP contribution in [0.4, 0.5) is 34.3 Å². The summed E-state index contributed by atoms with van der Waals surface area (Å²) in [6, 6.07) is 46.5. The molecule has 2 aliphatic heterocycles. The molecule has 0 fully saturated rings. The lowest BCUT2D eigenvalue weighted by atomic mass is 9.33. The molecule has 0 bridgehead atoms. The molecule has 0 amide bonds. The maximum Gasteiger partial charge on any atom is 0.257 e. The Morgan fingerprint density at radius 1 is 0.500 bits per heavy atom. The van der Waals surface area contributed by atoms with Gasteiger partial charge in [0, 0.05) is 39.2 Å². The minimum atomic E-state index is -0.136. The Hall–Kier alpha value is -5.48. The molecule has 7 aromatic rings. The molecule has 0 unspecified atom stereocenters. The summed E-state index contributed by atoms with van der Waals surface area (Å²) in [5.74, 6) is 0.917. The molecule has 10 rings (SSSR count). The summed E-state index contributed by atoms with van der Waals surface area (Å²) in [5.41, 5.74) is 20.1. The van der Waals surface area contributed by atoms with Gasteiger partial charge in [-0.3, -0.25) is 4.90 Å². The first kappa shape index (κ1) is 40.6. The highest BCUT2D eigenvalue weighted by Gasteiger charge is 2.49. The van der Waals surface area contributed by atoms with Crippen LogP contribution in [0.3, 0.4) is 0 Å². The van der Waals surface area contributed by atoms with Crippen LogP contribution in [-0.4, -0.2) is 6.71 Å². The van der Waals surface area contributed by atoms with Crippen molar-refractivity contribution in [3.8, 4) is 11.1 Å². The fraction of sp³-hybridized carbons (Fsp3) is 0.345. The van der Waals surface area contributed by atoms with Gasteiger partial charge in [0.2, 0.25) is 5.88 Å². The van der Waals surface area contributed by atoms with Crippen molar-refractivity contribution in [1.29, 1.82) is 0 Å². The van der Waals surface area contributed by atoms with Gasteiger partial charge < -0.3 is 9.32 Å². The smallest absolute Gasteiger partial charge is 0.257 e. The van der Waals surface area contributed by atoms with E-state index in [1.807, 2.05) is 0 Å². The summed E-state index contributed by atoms with van der Waals surface area (Å²) < 4.78 is 7.18. The van der Waals surface area contributed by atoms with Crippen molar-refractivity contribution in [3.05, 3.63) is 149 Å². The molecule has 0 radical (unpaired) electrons. The van der Waals surface area contributed by atoms with Gasteiger partial charge in [0.25, 0.3) is 6.71 Å². The number of para-hydroxylation sites is 1. The maximum atomic E-state index is 7.18. The molecular formula is C58H63BN2O. The largest absolute Gasteiger partial charge is 0.440 e. The number of anilines is 6. The number of nitrogens with zero attached hydrogens (tertiary/aromatic N) is 2. The molecule has 4 heteroatoms. The SMILES string of the molecule is CC(C)(C)c1ccc(N2c3cc(C(C)(C)C)cc4c3B(c3cc5c(cc3N4c3ccc(C(C)(C)C)cc3-c3ccccc3)C(C)(C)CCC5(C)C)c3c2oc2ccccc32)cc1. The minimum absolute atomic E-state index is 0.0191. The molecule has 1 aromatic heterocycles. The van der Waals surface area contributed by atoms with Crippen molar-refractivity contribution in [2.24, 2.45) is 0 Å². The number of hydrogen-bond acceptors (Lipinski definition) is 3. The quantitative estimate of drug-likeness (QED) is 0.166. The molecule has 0 saturated carbocycles. The molecule has 1 aliphatic carbocycles. The summed E-state index contributed by atoms with van der Waals surface area (Å²) >= 11 is 0. The van der Waals surface area contributed by atoms with E-state index in [4.69, 9.17) is 4.42 Å². The zero-order chi connectivity index (χ0) is 43.9. The van der Waals surface area contributed by atoms with Crippen molar-refractivity contribution in [2.45, 2.75) is 130 Å². The summed E-state index contributed by atoms with van der Waals surface area (Å²) in [6.45, 7) is 30.7. The molecule has 62 heavy (non-hydrogen) atoms. The Balaban J connectivity index is 1.38. The first-order chi connectivity index (χ1) is 29.1. The normalized spacial score (nSPS) is 16.5. The second-order valence-corrected chi connectivity index (χ2v) is 23.0. The number of furan rings is 1. The highest BCUT2D eigenvalue weighted by atomic mass is 16.4. The van der Waals surface area contributed by atoms with E-state index in [0.717, 1.165) is 30.0 Å². The Morgan fingerprint density at radius 2 is 1.06 bits per heavy atom. The molecule has 0 saturated heterocycles. The maximum absolute atomic E-state index is 7.18. The van der Waals surface area contributed by atoms with Gasteiger partial charge in [-0.25, -0.2) is 0 Å². The molecule has 6 aromatic carbocycles. The van der Waals surface area contributed by atoms with Crippen LogP contribution in [-0.2, 0) is 27.1 Å². The van der Waals surface area contributed by atoms with Crippen LogP contribution >= 0.6 is 0 Å². The minimum Gasteiger partial charge on any atom is -0.440 e. The predicted octanol–water partition coefficient (Wildman–Crippen LogP) is 14.4. The molecule has 3 aliphatic rings. The van der Waals surface area contributed by atoms with Crippen molar-refractivity contribution in [1.82, 2.24) is 0 Å². The Kier molecular flexibility index (Phi) is 8.85. The van der Waals surface area contributed by atoms with Gasteiger partial charge in [-0.2, -0.15) is 0 Å². The molecule has 0 atom stereocenters. The van der Waals surface area contributed by atoms with Crippen LogP contribution in [0.5, 0.6) is 0 Å². The number of fused-ring (bicyclic) bond motifs is 7. The lowest BCUT2D eigenvalue weighted by Crippen LogP contribution is -2.61. The lowest BCUT2D eigenvalue weighted by Gasteiger charge is -2.47. The van der Waals surface area contributed by atoms with Crippen LogP contribution < -0.4 is 26.2 Å². The van der Waals surface area contributed by atoms with E-state index < -0.39 is 0 Å². The van der Waals surface area contributed by atoms with E-state index in [-0.39, 0.29) is 33.8 Å². The molecule has 0 spiro atoms. The lowest BCUT2D eigenvalue weighted by molar-refractivity contribution is 0.332. The Morgan fingerprint density at radius 3 is 1.69 bits per heavy atom. The second kappa shape index (κ2) is 13.5. The van der Waals surface area contributed by atoms with Crippen LogP contribution in [0.2, 0.25) is 0 Å². The van der Waals surface area contributed by atoms with Crippen LogP contribution in [0, 0.1) is 0 Å². The van der Waals surface area contributed by atoms with E-state index in [1.165, 1.54) is 83.5 Å². The summed E-state index contributed by atoms with van der Waals surface area (Å²) in [6.07, 6.45) is 2.31. The van der Waals surface area contributed by atoms with Crippen molar-refractivity contribution in [2.75, 3.05) is 9.80 Å². The van der Waals surface area contributed by atoms with Gasteiger partial charge in [0.15, 0.2) is 0 Å². The van der Waals surface area contributed by atoms with Gasteiger partial charge in [-0.1, -0.05) is 163 Å². The zero-order valence-corrected chi connectivity index (χ0v) is 39.3. The average molecular weight is 815 g/mol. The van der Waals surface area contributed by atoms with Crippen molar-refractivity contribution >= 4 is 68.4 Å². The van der Waals surface area contributed by atoms with Gasteiger partial charge in [-0.15, -0.1) is 0 Å². The van der Waals surface area contributed by atoms with Crippen LogP contribution in [0.15, 0.2) is 126 Å². The Bertz CT molecular complexity index is 2910. The van der Waals surface area contributed by atoms with Crippen molar-refractivity contribution < 1.29 is 4.42 Å². The van der Waals surface area contributed by atoms with Gasteiger partial charge in [-0.05, 0) is 133 Å². The van der Waals surface area contributed by atoms with Gasteiger partial charge in [0.1, 0.15) is 5.58 Å². The summed E-state index contributed by atoms with van der Waals surface area (Å²) in [7, 11) is 0. The third kappa shape index (κ3) is 6.30. The Labute approximate surface area is 371 Å². The summed E-state index contributed by atoms with van der Waals surface area (Å²) in [4.78, 5) is 5.11. The van der Waals surface area contributed by atoms with E-state index in [2.05, 4.69) is 221 Å². The molecule has 3 nitrogen and oxygen atoms in total. The first-order valence-electron chi connectivity index (χ1n) is 22.9. The number of benzene rings is 6. The molecule has 3 heterocycles.